The molecule has 2 heterocycles. The number of nitrogens with one attached hydrogen (secondary N) is 2. The first-order chi connectivity index (χ1) is 10.8. The fourth-order valence-electron chi connectivity index (χ4n) is 2.03. The molecule has 0 spiro atoms. The zero-order chi connectivity index (χ0) is 15.4. The minimum absolute atomic E-state index is 0.340. The molecule has 0 aliphatic carbocycles. The van der Waals surface area contributed by atoms with Crippen molar-refractivity contribution in [3.05, 3.63) is 76.7 Å². The third-order valence-electron chi connectivity index (χ3n) is 3.10. The number of rotatable bonds is 3. The van der Waals surface area contributed by atoms with Gasteiger partial charge in [0.15, 0.2) is 0 Å². The summed E-state index contributed by atoms with van der Waals surface area (Å²) in [7, 11) is 0. The molecule has 0 aliphatic heterocycles. The predicted octanol–water partition coefficient (Wildman–Crippen LogP) is 2.61. The average molecular weight is 311 g/mol. The van der Waals surface area contributed by atoms with Gasteiger partial charge in [0.25, 0.3) is 11.8 Å². The van der Waals surface area contributed by atoms with E-state index in [9.17, 15) is 9.59 Å². The summed E-state index contributed by atoms with van der Waals surface area (Å²) >= 11 is 1.42. The zero-order valence-electron chi connectivity index (χ0n) is 11.5. The molecule has 0 saturated heterocycles. The maximum atomic E-state index is 12.3. The number of benzene rings is 1. The van der Waals surface area contributed by atoms with Crippen molar-refractivity contribution in [1.82, 2.24) is 15.4 Å². The number of para-hydroxylation sites is 1. The van der Waals surface area contributed by atoms with E-state index >= 15 is 0 Å². The van der Waals surface area contributed by atoms with Gasteiger partial charge in [-0.25, -0.2) is 0 Å². The topological polar surface area (TPSA) is 63.1 Å². The molecule has 1 aromatic carbocycles. The van der Waals surface area contributed by atoms with Gasteiger partial charge in [0.05, 0.1) is 16.8 Å². The lowest BCUT2D eigenvalue weighted by molar-refractivity contribution is 0.0847. The molecule has 2 amide bonds. The highest BCUT2D eigenvalue weighted by Gasteiger charge is 2.13. The highest BCUT2D eigenvalue weighted by Crippen LogP contribution is 2.14. The first kappa shape index (κ1) is 14.1. The maximum absolute atomic E-state index is 12.3. The van der Waals surface area contributed by atoms with Crippen molar-refractivity contribution < 1.29 is 9.59 Å². The summed E-state index contributed by atoms with van der Waals surface area (Å²) in [4.78, 5) is 24.1. The minimum atomic E-state index is -0.368. The second kappa shape index (κ2) is 6.28. The summed E-state index contributed by atoms with van der Waals surface area (Å²) in [5.74, 6) is -0.707. The molecule has 2 aromatic heterocycles. The molecule has 0 radical (unpaired) electrons. The number of carbonyl (C=O) groups is 2. The number of nitrogens with zero attached hydrogens (tertiary/aromatic N) is 1. The zero-order valence-corrected chi connectivity index (χ0v) is 12.3. The van der Waals surface area contributed by atoms with E-state index in [1.165, 1.54) is 11.3 Å². The predicted molar refractivity (Wildman–Crippen MR) is 85.0 cm³/mol. The number of thiophene rings is 1. The van der Waals surface area contributed by atoms with Gasteiger partial charge in [0.2, 0.25) is 0 Å². The lowest BCUT2D eigenvalue weighted by atomic mass is 10.1. The Hall–Kier alpha value is -2.86. The molecule has 3 aromatic rings. The molecule has 0 aliphatic rings. The van der Waals surface area contributed by atoms with Crippen LogP contribution in [0.15, 0.2) is 65.6 Å². The standard InChI is InChI=1S/C16H13N3O2S/c20-15(12-7-10-22-11-12)17-18-16(21)13-5-1-2-6-14(13)19-8-3-4-9-19/h1-11H,(H,17,20)(H,18,21). The van der Waals surface area contributed by atoms with Gasteiger partial charge >= 0.3 is 0 Å². The molecule has 0 bridgehead atoms. The van der Waals surface area contributed by atoms with Crippen LogP contribution in [-0.4, -0.2) is 16.4 Å². The van der Waals surface area contributed by atoms with E-state index in [4.69, 9.17) is 0 Å². The molecular weight excluding hydrogens is 298 g/mol. The number of hydrogen-bond acceptors (Lipinski definition) is 3. The van der Waals surface area contributed by atoms with E-state index in [1.54, 1.807) is 29.0 Å². The van der Waals surface area contributed by atoms with Crippen LogP contribution in [0.3, 0.4) is 0 Å². The summed E-state index contributed by atoms with van der Waals surface area (Å²) in [6.07, 6.45) is 3.71. The van der Waals surface area contributed by atoms with Gasteiger partial charge in [-0.15, -0.1) is 0 Å². The fraction of sp³-hybridized carbons (Fsp3) is 0. The van der Waals surface area contributed by atoms with Crippen molar-refractivity contribution in [2.75, 3.05) is 0 Å². The third-order valence-corrected chi connectivity index (χ3v) is 3.79. The van der Waals surface area contributed by atoms with E-state index in [0.29, 0.717) is 11.1 Å². The average Bonchev–Trinajstić information content (AvgIpc) is 3.24. The smallest absolute Gasteiger partial charge is 0.271 e. The number of hydrazine groups is 1. The molecule has 6 heteroatoms. The van der Waals surface area contributed by atoms with Gasteiger partial charge < -0.3 is 4.57 Å². The van der Waals surface area contributed by atoms with Gasteiger partial charge in [0, 0.05) is 17.8 Å². The number of carbonyl (C=O) groups excluding carboxylic acids is 2. The second-order valence-corrected chi connectivity index (χ2v) is 5.31. The van der Waals surface area contributed by atoms with Crippen LogP contribution in [-0.2, 0) is 0 Å². The Morgan fingerprint density at radius 1 is 0.909 bits per heavy atom. The third kappa shape index (κ3) is 2.91. The van der Waals surface area contributed by atoms with Crippen LogP contribution >= 0.6 is 11.3 Å². The lowest BCUT2D eigenvalue weighted by Crippen LogP contribution is -2.41. The molecule has 5 nitrogen and oxygen atoms in total. The van der Waals surface area contributed by atoms with Gasteiger partial charge in [0.1, 0.15) is 0 Å². The van der Waals surface area contributed by atoms with Crippen molar-refractivity contribution in [2.45, 2.75) is 0 Å². The fourth-order valence-corrected chi connectivity index (χ4v) is 2.67. The molecule has 0 atom stereocenters. The van der Waals surface area contributed by atoms with Crippen LogP contribution in [0.4, 0.5) is 0 Å². The molecule has 0 unspecified atom stereocenters. The quantitative estimate of drug-likeness (QED) is 0.730. The van der Waals surface area contributed by atoms with E-state index in [-0.39, 0.29) is 11.8 Å². The first-order valence-electron chi connectivity index (χ1n) is 6.61. The monoisotopic (exact) mass is 311 g/mol. The van der Waals surface area contributed by atoms with E-state index in [2.05, 4.69) is 10.9 Å². The van der Waals surface area contributed by atoms with E-state index in [0.717, 1.165) is 5.69 Å². The summed E-state index contributed by atoms with van der Waals surface area (Å²) < 4.78 is 1.84. The Labute approximate surface area is 131 Å². The van der Waals surface area contributed by atoms with Crippen LogP contribution in [0.5, 0.6) is 0 Å². The number of amides is 2. The van der Waals surface area contributed by atoms with Crippen molar-refractivity contribution in [3.63, 3.8) is 0 Å². The van der Waals surface area contributed by atoms with Crippen LogP contribution in [0.1, 0.15) is 20.7 Å². The summed E-state index contributed by atoms with van der Waals surface area (Å²) in [6.45, 7) is 0. The second-order valence-electron chi connectivity index (χ2n) is 4.53. The van der Waals surface area contributed by atoms with Crippen molar-refractivity contribution in [2.24, 2.45) is 0 Å². The number of aromatic nitrogens is 1. The minimum Gasteiger partial charge on any atom is -0.323 e. The lowest BCUT2D eigenvalue weighted by Gasteiger charge is -2.11. The largest absolute Gasteiger partial charge is 0.323 e. The molecule has 0 fully saturated rings. The van der Waals surface area contributed by atoms with Crippen LogP contribution in [0, 0.1) is 0 Å². The van der Waals surface area contributed by atoms with Gasteiger partial charge in [-0.3, -0.25) is 20.4 Å². The Morgan fingerprint density at radius 2 is 1.64 bits per heavy atom. The highest BCUT2D eigenvalue weighted by molar-refractivity contribution is 7.08. The van der Waals surface area contributed by atoms with Gasteiger partial charge in [-0.2, -0.15) is 11.3 Å². The summed E-state index contributed by atoms with van der Waals surface area (Å²) in [5, 5.41) is 3.52. The Morgan fingerprint density at radius 3 is 2.36 bits per heavy atom. The normalized spacial score (nSPS) is 10.2. The summed E-state index contributed by atoms with van der Waals surface area (Å²) in [5.41, 5.74) is 6.60. The van der Waals surface area contributed by atoms with E-state index < -0.39 is 0 Å². The van der Waals surface area contributed by atoms with Gasteiger partial charge in [-0.1, -0.05) is 12.1 Å². The Kier molecular flexibility index (Phi) is 4.02. The molecule has 3 rings (SSSR count). The highest BCUT2D eigenvalue weighted by atomic mass is 32.1. The molecule has 22 heavy (non-hydrogen) atoms. The van der Waals surface area contributed by atoms with Crippen molar-refractivity contribution in [1.29, 1.82) is 0 Å². The number of hydrogen-bond donors (Lipinski definition) is 2. The van der Waals surface area contributed by atoms with Gasteiger partial charge in [-0.05, 0) is 35.7 Å². The van der Waals surface area contributed by atoms with E-state index in [1.807, 2.05) is 41.2 Å². The maximum Gasteiger partial charge on any atom is 0.271 e. The Balaban J connectivity index is 1.74. The van der Waals surface area contributed by atoms with Crippen LogP contribution < -0.4 is 10.9 Å². The molecule has 0 saturated carbocycles. The van der Waals surface area contributed by atoms with Crippen LogP contribution in [0.2, 0.25) is 0 Å². The van der Waals surface area contributed by atoms with Crippen LogP contribution in [0.25, 0.3) is 5.69 Å². The first-order valence-corrected chi connectivity index (χ1v) is 7.55. The molecule has 2 N–H and O–H groups in total. The van der Waals surface area contributed by atoms with Crippen molar-refractivity contribution in [3.8, 4) is 5.69 Å². The van der Waals surface area contributed by atoms with Crippen molar-refractivity contribution >= 4 is 23.2 Å². The SMILES string of the molecule is O=C(NNC(=O)c1ccccc1-n1cccc1)c1ccsc1. The molecule has 110 valence electrons. The Bertz CT molecular complexity index is 780. The molecular formula is C16H13N3O2S. The summed E-state index contributed by atoms with van der Waals surface area (Å²) in [6, 6.07) is 12.6.